The molecule has 0 aliphatic heterocycles. The molecule has 2 aromatic heterocycles. The second-order valence-electron chi connectivity index (χ2n) is 3.71. The van der Waals surface area contributed by atoms with Crippen molar-refractivity contribution in [1.82, 2.24) is 24.9 Å². The highest BCUT2D eigenvalue weighted by Crippen LogP contribution is 2.11. The van der Waals surface area contributed by atoms with E-state index in [4.69, 9.17) is 0 Å². The van der Waals surface area contributed by atoms with Gasteiger partial charge in [-0.15, -0.1) is 0 Å². The molecule has 2 heterocycles. The van der Waals surface area contributed by atoms with Gasteiger partial charge in [-0.2, -0.15) is 5.10 Å². The van der Waals surface area contributed by atoms with Gasteiger partial charge in [-0.3, -0.25) is 5.10 Å². The van der Waals surface area contributed by atoms with Gasteiger partial charge >= 0.3 is 0 Å². The molecule has 2 aromatic rings. The van der Waals surface area contributed by atoms with Crippen molar-refractivity contribution in [2.75, 3.05) is 18.9 Å². The predicted octanol–water partition coefficient (Wildman–Crippen LogP) is -0.238. The minimum Gasteiger partial charge on any atom is -0.373 e. The third-order valence-corrected chi connectivity index (χ3v) is 3.88. The van der Waals surface area contributed by atoms with Crippen LogP contribution in [0, 0.1) is 0 Å². The Morgan fingerprint density at radius 2 is 2.21 bits per heavy atom. The van der Waals surface area contributed by atoms with E-state index in [9.17, 15) is 8.42 Å². The van der Waals surface area contributed by atoms with E-state index < -0.39 is 10.0 Å². The Bertz CT molecular complexity index is 625. The summed E-state index contributed by atoms with van der Waals surface area (Å²) in [6.45, 7) is 0.245. The second-order valence-corrected chi connectivity index (χ2v) is 5.47. The number of nitrogens with zero attached hydrogens (tertiary/aromatic N) is 3. The molecule has 0 fully saturated rings. The molecule has 0 atom stereocenters. The molecule has 3 N–H and O–H groups in total. The highest BCUT2D eigenvalue weighted by Gasteiger charge is 2.14. The van der Waals surface area contributed by atoms with Crippen LogP contribution in [-0.4, -0.2) is 42.2 Å². The summed E-state index contributed by atoms with van der Waals surface area (Å²) in [6, 6.07) is 2.91. The van der Waals surface area contributed by atoms with Crippen LogP contribution < -0.4 is 10.0 Å². The third kappa shape index (κ3) is 3.48. The van der Waals surface area contributed by atoms with E-state index in [2.05, 4.69) is 30.2 Å². The van der Waals surface area contributed by atoms with Gasteiger partial charge in [0, 0.05) is 32.3 Å². The van der Waals surface area contributed by atoms with Crippen LogP contribution in [0.15, 0.2) is 29.6 Å². The van der Waals surface area contributed by atoms with Gasteiger partial charge in [0.2, 0.25) is 10.0 Å². The van der Waals surface area contributed by atoms with Crippen molar-refractivity contribution >= 4 is 15.8 Å². The van der Waals surface area contributed by atoms with Crippen molar-refractivity contribution in [2.24, 2.45) is 0 Å². The maximum absolute atomic E-state index is 12.0. The van der Waals surface area contributed by atoms with Gasteiger partial charge in [-0.25, -0.2) is 23.1 Å². The van der Waals surface area contributed by atoms with Crippen molar-refractivity contribution in [3.05, 3.63) is 30.5 Å². The van der Waals surface area contributed by atoms with Crippen molar-refractivity contribution in [3.8, 4) is 0 Å². The maximum Gasteiger partial charge on any atom is 0.240 e. The second kappa shape index (κ2) is 5.76. The van der Waals surface area contributed by atoms with Crippen LogP contribution >= 0.6 is 0 Å². The number of rotatable bonds is 6. The van der Waals surface area contributed by atoms with Crippen LogP contribution in [0.4, 0.5) is 5.82 Å². The lowest BCUT2D eigenvalue weighted by Crippen LogP contribution is -2.26. The molecule has 0 aliphatic carbocycles. The van der Waals surface area contributed by atoms with Gasteiger partial charge < -0.3 is 5.32 Å². The molecular formula is C10H14N6O2S. The zero-order chi connectivity index (χ0) is 13.7. The van der Waals surface area contributed by atoms with E-state index in [1.54, 1.807) is 7.05 Å². The molecule has 0 saturated heterocycles. The summed E-state index contributed by atoms with van der Waals surface area (Å²) in [4.78, 5) is 8.05. The minimum absolute atomic E-state index is 0.171. The van der Waals surface area contributed by atoms with Crippen LogP contribution in [0.25, 0.3) is 0 Å². The Labute approximate surface area is 110 Å². The van der Waals surface area contributed by atoms with Gasteiger partial charge in [0.1, 0.15) is 18.0 Å². The fourth-order valence-corrected chi connectivity index (χ4v) is 2.50. The normalized spacial score (nSPS) is 11.4. The summed E-state index contributed by atoms with van der Waals surface area (Å²) in [6.07, 6.45) is 3.27. The Balaban J connectivity index is 2.01. The molecule has 0 unspecified atom stereocenters. The average molecular weight is 282 g/mol. The fraction of sp³-hybridized carbons (Fsp3) is 0.300. The summed E-state index contributed by atoms with van der Waals surface area (Å²) in [5.41, 5.74) is 0. The van der Waals surface area contributed by atoms with Crippen molar-refractivity contribution in [3.63, 3.8) is 0 Å². The summed E-state index contributed by atoms with van der Waals surface area (Å²) >= 11 is 0. The van der Waals surface area contributed by atoms with E-state index in [0.29, 0.717) is 18.1 Å². The quantitative estimate of drug-likeness (QED) is 0.674. The van der Waals surface area contributed by atoms with Crippen LogP contribution in [0.2, 0.25) is 0 Å². The number of nitrogens with one attached hydrogen (secondary N) is 3. The van der Waals surface area contributed by atoms with E-state index >= 15 is 0 Å². The standard InChI is InChI=1S/C10H14N6O2S/c1-11-10-6-8(2-4-12-10)19(17,18)15-5-3-9-13-7-14-16-9/h2,4,6-7,15H,3,5H2,1H3,(H,11,12)(H,13,14,16). The number of H-pyrrole nitrogens is 1. The first kappa shape index (κ1) is 13.4. The first-order chi connectivity index (χ1) is 9.12. The predicted molar refractivity (Wildman–Crippen MR) is 69.1 cm³/mol. The minimum atomic E-state index is -3.54. The number of sulfonamides is 1. The molecule has 0 aromatic carbocycles. The van der Waals surface area contributed by atoms with Crippen LogP contribution in [0.3, 0.4) is 0 Å². The maximum atomic E-state index is 12.0. The molecule has 0 bridgehead atoms. The number of hydrogen-bond acceptors (Lipinski definition) is 6. The lowest BCUT2D eigenvalue weighted by Gasteiger charge is -2.07. The number of hydrogen-bond donors (Lipinski definition) is 3. The zero-order valence-corrected chi connectivity index (χ0v) is 11.1. The molecule has 0 aliphatic rings. The molecule has 0 saturated carbocycles. The van der Waals surface area contributed by atoms with E-state index in [-0.39, 0.29) is 11.4 Å². The highest BCUT2D eigenvalue weighted by atomic mass is 32.2. The molecule has 8 nitrogen and oxygen atoms in total. The SMILES string of the molecule is CNc1cc(S(=O)(=O)NCCc2ncn[nH]2)ccn1. The lowest BCUT2D eigenvalue weighted by molar-refractivity contribution is 0.581. The van der Waals surface area contributed by atoms with Gasteiger partial charge in [-0.05, 0) is 6.07 Å². The third-order valence-electron chi connectivity index (χ3n) is 2.42. The summed E-state index contributed by atoms with van der Waals surface area (Å²) in [5.74, 6) is 1.13. The first-order valence-electron chi connectivity index (χ1n) is 5.59. The highest BCUT2D eigenvalue weighted by molar-refractivity contribution is 7.89. The zero-order valence-electron chi connectivity index (χ0n) is 10.3. The van der Waals surface area contributed by atoms with Crippen molar-refractivity contribution < 1.29 is 8.42 Å². The van der Waals surface area contributed by atoms with Gasteiger partial charge in [0.15, 0.2) is 0 Å². The smallest absolute Gasteiger partial charge is 0.240 e. The average Bonchev–Trinajstić information content (AvgIpc) is 2.92. The Morgan fingerprint density at radius 1 is 1.37 bits per heavy atom. The lowest BCUT2D eigenvalue weighted by atomic mass is 10.4. The number of anilines is 1. The Kier molecular flexibility index (Phi) is 4.07. The monoisotopic (exact) mass is 282 g/mol. The molecule has 9 heteroatoms. The Hall–Kier alpha value is -2.00. The van der Waals surface area contributed by atoms with E-state index in [0.717, 1.165) is 0 Å². The summed E-state index contributed by atoms with van der Waals surface area (Å²) in [7, 11) is -1.86. The topological polar surface area (TPSA) is 113 Å². The van der Waals surface area contributed by atoms with Crippen molar-refractivity contribution in [2.45, 2.75) is 11.3 Å². The molecular weight excluding hydrogens is 268 g/mol. The summed E-state index contributed by atoms with van der Waals surface area (Å²) < 4.78 is 26.5. The molecule has 2 rings (SSSR count). The van der Waals surface area contributed by atoms with Crippen LogP contribution in [0.1, 0.15) is 5.82 Å². The number of pyridine rings is 1. The number of aromatic amines is 1. The fourth-order valence-electron chi connectivity index (χ4n) is 1.45. The Morgan fingerprint density at radius 3 is 2.89 bits per heavy atom. The van der Waals surface area contributed by atoms with Crippen LogP contribution in [-0.2, 0) is 16.4 Å². The van der Waals surface area contributed by atoms with Gasteiger partial charge in [-0.1, -0.05) is 0 Å². The van der Waals surface area contributed by atoms with Crippen LogP contribution in [0.5, 0.6) is 0 Å². The largest absolute Gasteiger partial charge is 0.373 e. The van der Waals surface area contributed by atoms with Gasteiger partial charge in [0.25, 0.3) is 0 Å². The van der Waals surface area contributed by atoms with Crippen molar-refractivity contribution in [1.29, 1.82) is 0 Å². The number of aromatic nitrogens is 4. The molecule has 0 radical (unpaired) electrons. The molecule has 0 spiro atoms. The molecule has 0 amide bonds. The van der Waals surface area contributed by atoms with E-state index in [1.807, 2.05) is 0 Å². The first-order valence-corrected chi connectivity index (χ1v) is 7.08. The molecule has 102 valence electrons. The molecule has 19 heavy (non-hydrogen) atoms. The van der Waals surface area contributed by atoms with Gasteiger partial charge in [0.05, 0.1) is 4.90 Å². The summed E-state index contributed by atoms with van der Waals surface area (Å²) in [5, 5.41) is 9.15. The van der Waals surface area contributed by atoms with E-state index in [1.165, 1.54) is 24.7 Å².